The Hall–Kier alpha value is -2.23. The topological polar surface area (TPSA) is 29.5 Å². The Balaban J connectivity index is 1.66. The lowest BCUT2D eigenvalue weighted by Crippen LogP contribution is -2.07. The Morgan fingerprint density at radius 1 is 0.909 bits per heavy atom. The molecule has 0 aromatic heterocycles. The standard InChI is InChI=1S/C19H17FO2/c20-16-10-8-14(9-11-16)12-22-13-19(21)18-7-3-5-15-4-1-2-6-17(15)18/h1-11,19,21H,12-13H2. The second-order valence-electron chi connectivity index (χ2n) is 5.23. The van der Waals surface area contributed by atoms with Crippen LogP contribution in [0.3, 0.4) is 0 Å². The first-order valence-electron chi connectivity index (χ1n) is 7.22. The number of benzene rings is 3. The molecule has 3 heteroatoms. The summed E-state index contributed by atoms with van der Waals surface area (Å²) in [5, 5.41) is 12.5. The summed E-state index contributed by atoms with van der Waals surface area (Å²) in [5.41, 5.74) is 1.74. The fourth-order valence-corrected chi connectivity index (χ4v) is 2.50. The van der Waals surface area contributed by atoms with Gasteiger partial charge >= 0.3 is 0 Å². The normalized spacial score (nSPS) is 12.5. The van der Waals surface area contributed by atoms with Crippen LogP contribution in [0.15, 0.2) is 66.7 Å². The van der Waals surface area contributed by atoms with Gasteiger partial charge < -0.3 is 9.84 Å². The molecule has 0 amide bonds. The third kappa shape index (κ3) is 3.32. The van der Waals surface area contributed by atoms with Crippen molar-refractivity contribution >= 4 is 10.8 Å². The number of hydrogen-bond donors (Lipinski definition) is 1. The highest BCUT2D eigenvalue weighted by Crippen LogP contribution is 2.24. The van der Waals surface area contributed by atoms with Crippen LogP contribution < -0.4 is 0 Å². The zero-order chi connectivity index (χ0) is 15.4. The monoisotopic (exact) mass is 296 g/mol. The van der Waals surface area contributed by atoms with Crippen molar-refractivity contribution in [3.05, 3.63) is 83.7 Å². The highest BCUT2D eigenvalue weighted by atomic mass is 19.1. The van der Waals surface area contributed by atoms with E-state index >= 15 is 0 Å². The molecular weight excluding hydrogens is 279 g/mol. The molecule has 1 unspecified atom stereocenters. The van der Waals surface area contributed by atoms with E-state index < -0.39 is 6.10 Å². The summed E-state index contributed by atoms with van der Waals surface area (Å²) < 4.78 is 18.4. The van der Waals surface area contributed by atoms with Crippen molar-refractivity contribution in [3.63, 3.8) is 0 Å². The Bertz CT molecular complexity index is 747. The lowest BCUT2D eigenvalue weighted by atomic mass is 10.0. The molecule has 3 aromatic carbocycles. The van der Waals surface area contributed by atoms with Gasteiger partial charge in [0.15, 0.2) is 0 Å². The average Bonchev–Trinajstić information content (AvgIpc) is 2.56. The molecule has 0 fully saturated rings. The van der Waals surface area contributed by atoms with Crippen molar-refractivity contribution in [1.82, 2.24) is 0 Å². The third-order valence-electron chi connectivity index (χ3n) is 3.64. The fourth-order valence-electron chi connectivity index (χ4n) is 2.50. The third-order valence-corrected chi connectivity index (χ3v) is 3.64. The van der Waals surface area contributed by atoms with E-state index in [1.54, 1.807) is 12.1 Å². The van der Waals surface area contributed by atoms with Crippen LogP contribution in [-0.4, -0.2) is 11.7 Å². The van der Waals surface area contributed by atoms with Gasteiger partial charge in [0.2, 0.25) is 0 Å². The molecule has 112 valence electrons. The first kappa shape index (κ1) is 14.7. The maximum absolute atomic E-state index is 12.8. The number of aliphatic hydroxyl groups excluding tert-OH is 1. The van der Waals surface area contributed by atoms with Crippen molar-refractivity contribution in [1.29, 1.82) is 0 Å². The summed E-state index contributed by atoms with van der Waals surface area (Å²) in [6, 6.07) is 20.0. The Morgan fingerprint density at radius 3 is 2.45 bits per heavy atom. The fraction of sp³-hybridized carbons (Fsp3) is 0.158. The van der Waals surface area contributed by atoms with E-state index in [4.69, 9.17) is 4.74 Å². The molecule has 0 aliphatic heterocycles. The molecule has 0 spiro atoms. The van der Waals surface area contributed by atoms with Crippen molar-refractivity contribution in [2.75, 3.05) is 6.61 Å². The Kier molecular flexibility index (Phi) is 4.47. The molecule has 0 radical (unpaired) electrons. The van der Waals surface area contributed by atoms with Crippen LogP contribution in [-0.2, 0) is 11.3 Å². The molecule has 3 rings (SSSR count). The first-order chi connectivity index (χ1) is 10.7. The summed E-state index contributed by atoms with van der Waals surface area (Å²) in [4.78, 5) is 0. The molecule has 2 nitrogen and oxygen atoms in total. The number of fused-ring (bicyclic) bond motifs is 1. The predicted octanol–water partition coefficient (Wildman–Crippen LogP) is 4.23. The highest BCUT2D eigenvalue weighted by Gasteiger charge is 2.11. The van der Waals surface area contributed by atoms with Crippen LogP contribution in [0.4, 0.5) is 4.39 Å². The van der Waals surface area contributed by atoms with E-state index in [2.05, 4.69) is 0 Å². The second-order valence-corrected chi connectivity index (χ2v) is 5.23. The van der Waals surface area contributed by atoms with Crippen LogP contribution in [0.2, 0.25) is 0 Å². The van der Waals surface area contributed by atoms with Crippen molar-refractivity contribution < 1.29 is 14.2 Å². The molecule has 22 heavy (non-hydrogen) atoms. The molecule has 0 saturated carbocycles. The van der Waals surface area contributed by atoms with Crippen LogP contribution in [0.1, 0.15) is 17.2 Å². The van der Waals surface area contributed by atoms with Gasteiger partial charge in [0.25, 0.3) is 0 Å². The lowest BCUT2D eigenvalue weighted by Gasteiger charge is -2.14. The zero-order valence-corrected chi connectivity index (χ0v) is 12.1. The lowest BCUT2D eigenvalue weighted by molar-refractivity contribution is 0.0284. The predicted molar refractivity (Wildman–Crippen MR) is 85.0 cm³/mol. The van der Waals surface area contributed by atoms with Crippen molar-refractivity contribution in [2.24, 2.45) is 0 Å². The molecule has 1 N–H and O–H groups in total. The smallest absolute Gasteiger partial charge is 0.123 e. The molecule has 0 aliphatic carbocycles. The van der Waals surface area contributed by atoms with Gasteiger partial charge in [0.05, 0.1) is 13.2 Å². The molecule has 3 aromatic rings. The molecule has 0 saturated heterocycles. The first-order valence-corrected chi connectivity index (χ1v) is 7.22. The second kappa shape index (κ2) is 6.69. The minimum atomic E-state index is -0.688. The zero-order valence-electron chi connectivity index (χ0n) is 12.1. The van der Waals surface area contributed by atoms with E-state index in [-0.39, 0.29) is 12.4 Å². The minimum Gasteiger partial charge on any atom is -0.386 e. The average molecular weight is 296 g/mol. The SMILES string of the molecule is OC(COCc1ccc(F)cc1)c1cccc2ccccc12. The molecule has 0 aliphatic rings. The largest absolute Gasteiger partial charge is 0.386 e. The van der Waals surface area contributed by atoms with E-state index in [1.807, 2.05) is 42.5 Å². The van der Waals surface area contributed by atoms with Gasteiger partial charge in [-0.2, -0.15) is 0 Å². The number of aliphatic hydroxyl groups is 1. The van der Waals surface area contributed by atoms with Crippen LogP contribution in [0.5, 0.6) is 0 Å². The Morgan fingerprint density at radius 2 is 1.64 bits per heavy atom. The van der Waals surface area contributed by atoms with Gasteiger partial charge in [-0.3, -0.25) is 0 Å². The van der Waals surface area contributed by atoms with Gasteiger partial charge in [-0.05, 0) is 34.0 Å². The van der Waals surface area contributed by atoms with Gasteiger partial charge in [-0.1, -0.05) is 54.6 Å². The van der Waals surface area contributed by atoms with Gasteiger partial charge in [0, 0.05) is 0 Å². The summed E-state index contributed by atoms with van der Waals surface area (Å²) in [7, 11) is 0. The summed E-state index contributed by atoms with van der Waals surface area (Å²) in [6.07, 6.45) is -0.688. The molecule has 1 atom stereocenters. The van der Waals surface area contributed by atoms with Crippen molar-refractivity contribution in [2.45, 2.75) is 12.7 Å². The van der Waals surface area contributed by atoms with E-state index in [0.29, 0.717) is 6.61 Å². The summed E-state index contributed by atoms with van der Waals surface area (Å²) >= 11 is 0. The maximum Gasteiger partial charge on any atom is 0.123 e. The number of ether oxygens (including phenoxy) is 1. The Labute approximate surface area is 128 Å². The minimum absolute atomic E-state index is 0.200. The molecular formula is C19H17FO2. The number of hydrogen-bond acceptors (Lipinski definition) is 2. The van der Waals surface area contributed by atoms with E-state index in [0.717, 1.165) is 21.9 Å². The molecule has 0 heterocycles. The number of halogens is 1. The van der Waals surface area contributed by atoms with Crippen LogP contribution in [0, 0.1) is 5.82 Å². The summed E-state index contributed by atoms with van der Waals surface area (Å²) in [5.74, 6) is -0.264. The quantitative estimate of drug-likeness (QED) is 0.763. The number of rotatable bonds is 5. The van der Waals surface area contributed by atoms with Crippen LogP contribution >= 0.6 is 0 Å². The van der Waals surface area contributed by atoms with Gasteiger partial charge in [0.1, 0.15) is 11.9 Å². The summed E-state index contributed by atoms with van der Waals surface area (Å²) in [6.45, 7) is 0.549. The van der Waals surface area contributed by atoms with E-state index in [9.17, 15) is 9.50 Å². The highest BCUT2D eigenvalue weighted by molar-refractivity contribution is 5.85. The van der Waals surface area contributed by atoms with E-state index in [1.165, 1.54) is 12.1 Å². The van der Waals surface area contributed by atoms with Crippen LogP contribution in [0.25, 0.3) is 10.8 Å². The maximum atomic E-state index is 12.8. The van der Waals surface area contributed by atoms with Gasteiger partial charge in [-0.15, -0.1) is 0 Å². The van der Waals surface area contributed by atoms with Gasteiger partial charge in [-0.25, -0.2) is 4.39 Å². The van der Waals surface area contributed by atoms with Crippen molar-refractivity contribution in [3.8, 4) is 0 Å². The molecule has 0 bridgehead atoms.